The fourth-order valence-corrected chi connectivity index (χ4v) is 2.61. The quantitative estimate of drug-likeness (QED) is 0.710. The van der Waals surface area contributed by atoms with E-state index in [9.17, 15) is 19.5 Å². The molecule has 2 aromatic rings. The third-order valence-electron chi connectivity index (χ3n) is 4.32. The minimum absolute atomic E-state index is 0.0331. The molecule has 3 N–H and O–H groups in total. The Bertz CT molecular complexity index is 895. The van der Waals surface area contributed by atoms with E-state index in [1.807, 2.05) is 0 Å². The van der Waals surface area contributed by atoms with Crippen LogP contribution in [0, 0.1) is 5.92 Å². The lowest BCUT2D eigenvalue weighted by atomic mass is 9.85. The van der Waals surface area contributed by atoms with Crippen LogP contribution in [0.4, 0.5) is 11.4 Å². The molecule has 0 saturated heterocycles. The van der Waals surface area contributed by atoms with Gasteiger partial charge in [0.1, 0.15) is 5.75 Å². The summed E-state index contributed by atoms with van der Waals surface area (Å²) in [7, 11) is 1.47. The van der Waals surface area contributed by atoms with Crippen molar-refractivity contribution >= 4 is 29.2 Å². The van der Waals surface area contributed by atoms with Crippen molar-refractivity contribution in [1.29, 1.82) is 0 Å². The molecule has 9 nitrogen and oxygen atoms in total. The molecule has 1 aliphatic carbocycles. The topological polar surface area (TPSA) is 131 Å². The SMILES string of the molecule is COc1ccc(NC(=O)C2CCC2)c(NC(=O)c2nccnc2C(=O)O)c1. The lowest BCUT2D eigenvalue weighted by molar-refractivity contribution is -0.122. The number of carboxylic acid groups (broad SMARTS) is 1. The molecule has 1 aromatic carbocycles. The van der Waals surface area contributed by atoms with Gasteiger partial charge in [-0.25, -0.2) is 14.8 Å². The van der Waals surface area contributed by atoms with Crippen molar-refractivity contribution in [2.24, 2.45) is 5.92 Å². The predicted molar refractivity (Wildman–Crippen MR) is 95.9 cm³/mol. The highest BCUT2D eigenvalue weighted by atomic mass is 16.5. The molecule has 0 bridgehead atoms. The summed E-state index contributed by atoms with van der Waals surface area (Å²) in [6.45, 7) is 0. The monoisotopic (exact) mass is 370 g/mol. The number of carbonyl (C=O) groups is 3. The summed E-state index contributed by atoms with van der Waals surface area (Å²) in [5, 5.41) is 14.5. The largest absolute Gasteiger partial charge is 0.497 e. The standard InChI is InChI=1S/C18H18N4O5/c1-27-11-5-6-12(21-16(23)10-3-2-4-10)13(9-11)22-17(24)14-15(18(25)26)20-8-7-19-14/h5-10H,2-4H2,1H3,(H,21,23)(H,22,24)(H,25,26). The maximum absolute atomic E-state index is 12.5. The van der Waals surface area contributed by atoms with Crippen molar-refractivity contribution < 1.29 is 24.2 Å². The maximum Gasteiger partial charge on any atom is 0.356 e. The molecule has 0 unspecified atom stereocenters. The van der Waals surface area contributed by atoms with E-state index in [1.54, 1.807) is 12.1 Å². The van der Waals surface area contributed by atoms with E-state index in [1.165, 1.54) is 25.6 Å². The summed E-state index contributed by atoms with van der Waals surface area (Å²) in [4.78, 5) is 43.5. The first-order chi connectivity index (χ1) is 13.0. The summed E-state index contributed by atoms with van der Waals surface area (Å²) in [6, 6.07) is 4.79. The van der Waals surface area contributed by atoms with E-state index < -0.39 is 17.6 Å². The van der Waals surface area contributed by atoms with E-state index in [2.05, 4.69) is 20.6 Å². The average Bonchev–Trinajstić information content (AvgIpc) is 2.61. The van der Waals surface area contributed by atoms with Gasteiger partial charge in [0.25, 0.3) is 5.91 Å². The van der Waals surface area contributed by atoms with Gasteiger partial charge in [0.2, 0.25) is 5.91 Å². The third-order valence-corrected chi connectivity index (χ3v) is 4.32. The fraction of sp³-hybridized carbons (Fsp3) is 0.278. The minimum atomic E-state index is -1.36. The van der Waals surface area contributed by atoms with Crippen LogP contribution in [0.5, 0.6) is 5.75 Å². The van der Waals surface area contributed by atoms with Gasteiger partial charge in [-0.15, -0.1) is 0 Å². The summed E-state index contributed by atoms with van der Waals surface area (Å²) in [5.74, 6) is -1.81. The molecule has 1 aliphatic rings. The first kappa shape index (κ1) is 18.3. The van der Waals surface area contributed by atoms with Crippen LogP contribution in [0.3, 0.4) is 0 Å². The summed E-state index contributed by atoms with van der Waals surface area (Å²) in [6.07, 6.45) is 5.12. The lowest BCUT2D eigenvalue weighted by Gasteiger charge is -2.24. The molecule has 0 aliphatic heterocycles. The van der Waals surface area contributed by atoms with E-state index in [4.69, 9.17) is 4.74 Å². The zero-order valence-corrected chi connectivity index (χ0v) is 14.6. The number of hydrogen-bond acceptors (Lipinski definition) is 6. The first-order valence-corrected chi connectivity index (χ1v) is 8.34. The zero-order valence-electron chi connectivity index (χ0n) is 14.6. The number of aromatic nitrogens is 2. The van der Waals surface area contributed by atoms with E-state index in [0.717, 1.165) is 19.3 Å². The van der Waals surface area contributed by atoms with Gasteiger partial charge in [-0.05, 0) is 25.0 Å². The van der Waals surface area contributed by atoms with Crippen LogP contribution in [-0.2, 0) is 4.79 Å². The summed E-state index contributed by atoms with van der Waals surface area (Å²) < 4.78 is 5.16. The number of carbonyl (C=O) groups excluding carboxylic acids is 2. The average molecular weight is 370 g/mol. The van der Waals surface area contributed by atoms with Crippen LogP contribution in [0.15, 0.2) is 30.6 Å². The highest BCUT2D eigenvalue weighted by molar-refractivity contribution is 6.10. The van der Waals surface area contributed by atoms with Gasteiger partial charge in [0, 0.05) is 24.4 Å². The Morgan fingerprint density at radius 3 is 2.37 bits per heavy atom. The fourth-order valence-electron chi connectivity index (χ4n) is 2.61. The van der Waals surface area contributed by atoms with Crippen LogP contribution in [0.1, 0.15) is 40.2 Å². The Morgan fingerprint density at radius 1 is 1.07 bits per heavy atom. The molecule has 27 heavy (non-hydrogen) atoms. The van der Waals surface area contributed by atoms with Crippen LogP contribution in [0.2, 0.25) is 0 Å². The number of nitrogens with one attached hydrogen (secondary N) is 2. The molecule has 0 spiro atoms. The van der Waals surface area contributed by atoms with Gasteiger partial charge in [-0.2, -0.15) is 0 Å². The minimum Gasteiger partial charge on any atom is -0.497 e. The van der Waals surface area contributed by atoms with Crippen molar-refractivity contribution in [2.75, 3.05) is 17.7 Å². The van der Waals surface area contributed by atoms with Crippen LogP contribution in [0.25, 0.3) is 0 Å². The number of anilines is 2. The van der Waals surface area contributed by atoms with Crippen LogP contribution < -0.4 is 15.4 Å². The number of methoxy groups -OCH3 is 1. The normalized spacial score (nSPS) is 13.4. The molecule has 1 aromatic heterocycles. The Labute approximate surface area is 154 Å². The molecule has 9 heteroatoms. The second-order valence-electron chi connectivity index (χ2n) is 6.04. The molecule has 2 amide bonds. The van der Waals surface area contributed by atoms with Gasteiger partial charge < -0.3 is 20.5 Å². The number of ether oxygens (including phenoxy) is 1. The first-order valence-electron chi connectivity index (χ1n) is 8.34. The van der Waals surface area contributed by atoms with Crippen LogP contribution in [-0.4, -0.2) is 40.0 Å². The Kier molecular flexibility index (Phi) is 5.30. The molecular weight excluding hydrogens is 352 g/mol. The molecule has 1 fully saturated rings. The Morgan fingerprint density at radius 2 is 1.78 bits per heavy atom. The third kappa shape index (κ3) is 4.02. The maximum atomic E-state index is 12.5. The van der Waals surface area contributed by atoms with Gasteiger partial charge in [0.05, 0.1) is 18.5 Å². The molecule has 140 valence electrons. The summed E-state index contributed by atoms with van der Waals surface area (Å²) in [5.41, 5.74) is -0.127. The molecule has 1 heterocycles. The van der Waals surface area contributed by atoms with Crippen molar-refractivity contribution in [2.45, 2.75) is 19.3 Å². The van der Waals surface area contributed by atoms with Gasteiger partial charge in [-0.3, -0.25) is 9.59 Å². The summed E-state index contributed by atoms with van der Waals surface area (Å²) >= 11 is 0. The number of benzene rings is 1. The number of carboxylic acids is 1. The molecular formula is C18H18N4O5. The smallest absolute Gasteiger partial charge is 0.356 e. The van der Waals surface area contributed by atoms with Crippen molar-refractivity contribution in [3.05, 3.63) is 42.0 Å². The number of rotatable bonds is 6. The lowest BCUT2D eigenvalue weighted by Crippen LogP contribution is -2.28. The van der Waals surface area contributed by atoms with E-state index >= 15 is 0 Å². The zero-order chi connectivity index (χ0) is 19.4. The Hall–Kier alpha value is -3.49. The number of amides is 2. The van der Waals surface area contributed by atoms with Gasteiger partial charge >= 0.3 is 5.97 Å². The molecule has 0 atom stereocenters. The number of aromatic carboxylic acids is 1. The molecule has 3 rings (SSSR count). The number of hydrogen-bond donors (Lipinski definition) is 3. The van der Waals surface area contributed by atoms with Crippen molar-refractivity contribution in [3.63, 3.8) is 0 Å². The van der Waals surface area contributed by atoms with E-state index in [0.29, 0.717) is 11.4 Å². The molecule has 0 radical (unpaired) electrons. The molecule has 1 saturated carbocycles. The van der Waals surface area contributed by atoms with Crippen LogP contribution >= 0.6 is 0 Å². The Balaban J connectivity index is 1.87. The highest BCUT2D eigenvalue weighted by Crippen LogP contribution is 2.31. The second kappa shape index (κ2) is 7.81. The van der Waals surface area contributed by atoms with Gasteiger partial charge in [0.15, 0.2) is 11.4 Å². The van der Waals surface area contributed by atoms with Crippen molar-refractivity contribution in [3.8, 4) is 5.75 Å². The van der Waals surface area contributed by atoms with Gasteiger partial charge in [-0.1, -0.05) is 6.42 Å². The van der Waals surface area contributed by atoms with E-state index in [-0.39, 0.29) is 23.2 Å². The highest BCUT2D eigenvalue weighted by Gasteiger charge is 2.26. The predicted octanol–water partition coefficient (Wildman–Crippen LogP) is 2.17. The second-order valence-corrected chi connectivity index (χ2v) is 6.04. The van der Waals surface area contributed by atoms with Crippen molar-refractivity contribution in [1.82, 2.24) is 9.97 Å². The number of nitrogens with zero attached hydrogens (tertiary/aromatic N) is 2.